The summed E-state index contributed by atoms with van der Waals surface area (Å²) in [6.45, 7) is 1.40. The van der Waals surface area contributed by atoms with Crippen molar-refractivity contribution in [1.82, 2.24) is 0 Å². The maximum Gasteiger partial charge on any atom is 0.193 e. The third-order valence-corrected chi connectivity index (χ3v) is 2.03. The van der Waals surface area contributed by atoms with E-state index in [1.807, 2.05) is 0 Å². The molecule has 0 atom stereocenters. The van der Waals surface area contributed by atoms with Crippen molar-refractivity contribution in [2.24, 2.45) is 0 Å². The summed E-state index contributed by atoms with van der Waals surface area (Å²) in [4.78, 5) is 0. The number of hydrogen-bond donors (Lipinski definition) is 2. The van der Waals surface area contributed by atoms with E-state index in [4.69, 9.17) is 27.2 Å². The van der Waals surface area contributed by atoms with E-state index >= 15 is 0 Å². The Labute approximate surface area is 91.8 Å². The lowest BCUT2D eigenvalue weighted by Gasteiger charge is -2.07. The van der Waals surface area contributed by atoms with Crippen molar-refractivity contribution in [2.45, 2.75) is 13.3 Å². The molecule has 1 aromatic carbocycles. The zero-order chi connectivity index (χ0) is 11.4. The Morgan fingerprint density at radius 3 is 2.67 bits per heavy atom. The molecule has 1 aromatic rings. The van der Waals surface area contributed by atoms with E-state index in [1.54, 1.807) is 6.07 Å². The van der Waals surface area contributed by atoms with Crippen LogP contribution in [0.3, 0.4) is 0 Å². The molecule has 0 aliphatic rings. The Balaban J connectivity index is 2.80. The number of hydrogen-bond acceptors (Lipinski definition) is 3. The SMILES string of the molecule is CC(=N)OC(=N)Cc1c(F)cccc1Cl. The van der Waals surface area contributed by atoms with Gasteiger partial charge in [-0.15, -0.1) is 0 Å². The molecule has 1 rings (SSSR count). The van der Waals surface area contributed by atoms with Gasteiger partial charge in [0.15, 0.2) is 11.8 Å². The minimum Gasteiger partial charge on any atom is -0.430 e. The normalized spacial score (nSPS) is 9.80. The lowest BCUT2D eigenvalue weighted by atomic mass is 10.1. The minimum absolute atomic E-state index is 0.0538. The molecule has 0 spiro atoms. The van der Waals surface area contributed by atoms with Crippen LogP contribution in [0.15, 0.2) is 18.2 Å². The molecule has 0 amide bonds. The van der Waals surface area contributed by atoms with Crippen LogP contribution >= 0.6 is 11.6 Å². The summed E-state index contributed by atoms with van der Waals surface area (Å²) in [7, 11) is 0. The zero-order valence-electron chi connectivity index (χ0n) is 8.10. The molecule has 0 saturated heterocycles. The van der Waals surface area contributed by atoms with Gasteiger partial charge in [0.2, 0.25) is 0 Å². The van der Waals surface area contributed by atoms with Crippen molar-refractivity contribution in [3.63, 3.8) is 0 Å². The van der Waals surface area contributed by atoms with Crippen molar-refractivity contribution in [3.05, 3.63) is 34.6 Å². The molecule has 0 aliphatic heterocycles. The summed E-state index contributed by atoms with van der Waals surface area (Å²) in [5.41, 5.74) is 0.213. The molecule has 80 valence electrons. The first-order valence-electron chi connectivity index (χ1n) is 4.24. The Morgan fingerprint density at radius 2 is 2.13 bits per heavy atom. The predicted octanol–water partition coefficient (Wildman–Crippen LogP) is 3.01. The zero-order valence-corrected chi connectivity index (χ0v) is 8.86. The van der Waals surface area contributed by atoms with Crippen LogP contribution in [-0.4, -0.2) is 11.8 Å². The number of rotatable bonds is 2. The highest BCUT2D eigenvalue weighted by molar-refractivity contribution is 6.31. The number of halogens is 2. The molecule has 0 fully saturated rings. The van der Waals surface area contributed by atoms with Crippen molar-refractivity contribution in [3.8, 4) is 0 Å². The van der Waals surface area contributed by atoms with Gasteiger partial charge < -0.3 is 4.74 Å². The smallest absolute Gasteiger partial charge is 0.193 e. The summed E-state index contributed by atoms with van der Waals surface area (Å²) in [6, 6.07) is 4.31. The molecular formula is C10H10ClFN2O. The van der Waals surface area contributed by atoms with Crippen molar-refractivity contribution in [1.29, 1.82) is 10.8 Å². The van der Waals surface area contributed by atoms with Crippen molar-refractivity contribution < 1.29 is 9.13 Å². The van der Waals surface area contributed by atoms with Gasteiger partial charge in [-0.1, -0.05) is 17.7 Å². The number of nitrogens with one attached hydrogen (secondary N) is 2. The van der Waals surface area contributed by atoms with E-state index in [0.717, 1.165) is 0 Å². The molecule has 0 saturated carbocycles. The Bertz CT molecular complexity index is 386. The van der Waals surface area contributed by atoms with Crippen LogP contribution in [-0.2, 0) is 11.2 Å². The second-order valence-corrected chi connectivity index (χ2v) is 3.37. The maximum atomic E-state index is 13.3. The molecule has 5 heteroatoms. The summed E-state index contributed by atoms with van der Waals surface area (Å²) in [5.74, 6) is -0.777. The third kappa shape index (κ3) is 3.32. The van der Waals surface area contributed by atoms with Gasteiger partial charge >= 0.3 is 0 Å². The Hall–Kier alpha value is -1.42. The molecule has 0 unspecified atom stereocenters. The quantitative estimate of drug-likeness (QED) is 0.593. The van der Waals surface area contributed by atoms with Gasteiger partial charge in [0.05, 0.1) is 6.42 Å². The van der Waals surface area contributed by atoms with Gasteiger partial charge in [-0.05, 0) is 12.1 Å². The van der Waals surface area contributed by atoms with Crippen LogP contribution < -0.4 is 0 Å². The fourth-order valence-corrected chi connectivity index (χ4v) is 1.31. The summed E-state index contributed by atoms with van der Waals surface area (Å²) < 4.78 is 18.0. The largest absolute Gasteiger partial charge is 0.430 e. The highest BCUT2D eigenvalue weighted by Crippen LogP contribution is 2.19. The fraction of sp³-hybridized carbons (Fsp3) is 0.200. The van der Waals surface area contributed by atoms with Crippen LogP contribution in [0.4, 0.5) is 4.39 Å². The molecule has 3 nitrogen and oxygen atoms in total. The topological polar surface area (TPSA) is 56.9 Å². The first-order valence-corrected chi connectivity index (χ1v) is 4.62. The van der Waals surface area contributed by atoms with E-state index in [1.165, 1.54) is 19.1 Å². The summed E-state index contributed by atoms with van der Waals surface area (Å²) in [5, 5.41) is 14.6. The molecule has 2 N–H and O–H groups in total. The van der Waals surface area contributed by atoms with Gasteiger partial charge in [-0.25, -0.2) is 4.39 Å². The third-order valence-electron chi connectivity index (χ3n) is 1.68. The number of ether oxygens (including phenoxy) is 1. The summed E-state index contributed by atoms with van der Waals surface area (Å²) in [6.07, 6.45) is -0.0538. The molecule has 0 aliphatic carbocycles. The standard InChI is InChI=1S/C10H10ClFN2O/c1-6(13)15-10(14)5-7-8(11)3-2-4-9(7)12/h2-4,13-14H,5H2,1H3. The average Bonchev–Trinajstić information content (AvgIpc) is 2.10. The van der Waals surface area contributed by atoms with E-state index in [-0.39, 0.29) is 28.8 Å². The molecular weight excluding hydrogens is 219 g/mol. The van der Waals surface area contributed by atoms with Gasteiger partial charge in [0.1, 0.15) is 5.82 Å². The minimum atomic E-state index is -0.474. The van der Waals surface area contributed by atoms with Gasteiger partial charge in [0, 0.05) is 17.5 Å². The van der Waals surface area contributed by atoms with Gasteiger partial charge in [0.25, 0.3) is 0 Å². The first-order chi connectivity index (χ1) is 7.00. The van der Waals surface area contributed by atoms with Crippen LogP contribution in [0.1, 0.15) is 12.5 Å². The average molecular weight is 229 g/mol. The number of benzene rings is 1. The Kier molecular flexibility index (Phi) is 3.80. The Morgan fingerprint density at radius 1 is 1.47 bits per heavy atom. The van der Waals surface area contributed by atoms with Crippen LogP contribution in [0.25, 0.3) is 0 Å². The van der Waals surface area contributed by atoms with Crippen molar-refractivity contribution in [2.75, 3.05) is 0 Å². The molecule has 0 bridgehead atoms. The van der Waals surface area contributed by atoms with Gasteiger partial charge in [-0.3, -0.25) is 10.8 Å². The van der Waals surface area contributed by atoms with Crippen LogP contribution in [0.2, 0.25) is 5.02 Å². The molecule has 0 radical (unpaired) electrons. The van der Waals surface area contributed by atoms with E-state index < -0.39 is 5.82 Å². The van der Waals surface area contributed by atoms with Crippen LogP contribution in [0.5, 0.6) is 0 Å². The predicted molar refractivity (Wildman–Crippen MR) is 57.3 cm³/mol. The second-order valence-electron chi connectivity index (χ2n) is 2.96. The van der Waals surface area contributed by atoms with E-state index in [9.17, 15) is 4.39 Å². The van der Waals surface area contributed by atoms with E-state index in [2.05, 4.69) is 0 Å². The monoisotopic (exact) mass is 228 g/mol. The fourth-order valence-electron chi connectivity index (χ4n) is 1.08. The van der Waals surface area contributed by atoms with Crippen molar-refractivity contribution >= 4 is 23.4 Å². The molecule has 0 heterocycles. The van der Waals surface area contributed by atoms with E-state index in [0.29, 0.717) is 0 Å². The molecule has 0 aromatic heterocycles. The molecule has 15 heavy (non-hydrogen) atoms. The highest BCUT2D eigenvalue weighted by Gasteiger charge is 2.10. The second kappa shape index (κ2) is 4.89. The maximum absolute atomic E-state index is 13.3. The summed E-state index contributed by atoms with van der Waals surface area (Å²) >= 11 is 5.76. The first kappa shape index (κ1) is 11.7. The highest BCUT2D eigenvalue weighted by atomic mass is 35.5. The van der Waals surface area contributed by atoms with Crippen LogP contribution in [0, 0.1) is 16.6 Å². The lowest BCUT2D eigenvalue weighted by Crippen LogP contribution is -2.11. The van der Waals surface area contributed by atoms with Gasteiger partial charge in [-0.2, -0.15) is 0 Å². The lowest BCUT2D eigenvalue weighted by molar-refractivity contribution is 0.513.